The number of hydrogen-bond donors (Lipinski definition) is 1. The topological polar surface area (TPSA) is 80.9 Å². The zero-order chi connectivity index (χ0) is 22.1. The number of benzene rings is 1. The Balaban J connectivity index is 2.43. The summed E-state index contributed by atoms with van der Waals surface area (Å²) in [6.45, 7) is 0. The van der Waals surface area contributed by atoms with Crippen LogP contribution in [0.3, 0.4) is 0 Å². The van der Waals surface area contributed by atoms with Crippen LogP contribution in [0.1, 0.15) is 22.3 Å². The molecule has 3 rings (SSSR count). The van der Waals surface area contributed by atoms with Crippen molar-refractivity contribution in [3.63, 3.8) is 0 Å². The van der Waals surface area contributed by atoms with Crippen molar-refractivity contribution < 1.29 is 36.2 Å². The van der Waals surface area contributed by atoms with E-state index in [2.05, 4.69) is 15.1 Å². The zero-order valence-corrected chi connectivity index (χ0v) is 14.6. The van der Waals surface area contributed by atoms with Crippen LogP contribution in [0.4, 0.5) is 26.3 Å². The molecule has 2 heterocycles. The van der Waals surface area contributed by atoms with Gasteiger partial charge in [0, 0.05) is 23.5 Å². The van der Waals surface area contributed by atoms with Crippen molar-refractivity contribution in [3.8, 4) is 0 Å². The quantitative estimate of drug-likeness (QED) is 0.498. The number of hydrogen-bond acceptors (Lipinski definition) is 4. The Labute approximate surface area is 164 Å². The van der Waals surface area contributed by atoms with E-state index in [0.717, 1.165) is 23.5 Å². The van der Waals surface area contributed by atoms with E-state index >= 15 is 0 Å². The van der Waals surface area contributed by atoms with Crippen LogP contribution in [0.25, 0.3) is 11.3 Å². The van der Waals surface area contributed by atoms with Gasteiger partial charge in [0.1, 0.15) is 12.7 Å². The van der Waals surface area contributed by atoms with Crippen molar-refractivity contribution in [2.75, 3.05) is 0 Å². The Hall–Kier alpha value is -3.70. The van der Waals surface area contributed by atoms with E-state index in [1.807, 2.05) is 0 Å². The highest BCUT2D eigenvalue weighted by Gasteiger charge is 2.38. The highest BCUT2D eigenvalue weighted by atomic mass is 19.4. The number of aliphatic carboxylic acids is 1. The Morgan fingerprint density at radius 3 is 2.00 bits per heavy atom. The number of nitrogens with zero attached hydrogens (tertiary/aromatic N) is 4. The summed E-state index contributed by atoms with van der Waals surface area (Å²) in [6, 6.07) is 3.46. The van der Waals surface area contributed by atoms with Gasteiger partial charge >= 0.3 is 18.3 Å². The summed E-state index contributed by atoms with van der Waals surface area (Å²) in [4.78, 5) is 19.3. The van der Waals surface area contributed by atoms with Gasteiger partial charge in [0.25, 0.3) is 0 Å². The Morgan fingerprint density at radius 1 is 0.933 bits per heavy atom. The van der Waals surface area contributed by atoms with Crippen molar-refractivity contribution in [2.45, 2.75) is 12.4 Å². The summed E-state index contributed by atoms with van der Waals surface area (Å²) in [5.74, 6) is -1.61. The van der Waals surface area contributed by atoms with Crippen LogP contribution in [0, 0.1) is 0 Å². The predicted molar refractivity (Wildman–Crippen MR) is 90.6 cm³/mol. The van der Waals surface area contributed by atoms with E-state index < -0.39 is 46.3 Å². The first kappa shape index (κ1) is 21.0. The molecule has 0 fully saturated rings. The molecule has 0 spiro atoms. The molecular formula is C18H10F6N4O2. The second-order valence-corrected chi connectivity index (χ2v) is 5.91. The van der Waals surface area contributed by atoms with E-state index in [4.69, 9.17) is 0 Å². The lowest BCUT2D eigenvalue weighted by molar-refractivity contribution is -0.143. The molecule has 0 aliphatic heterocycles. The van der Waals surface area contributed by atoms with Crippen LogP contribution in [0.2, 0.25) is 0 Å². The third-order valence-electron chi connectivity index (χ3n) is 3.91. The van der Waals surface area contributed by atoms with E-state index in [0.29, 0.717) is 12.1 Å². The van der Waals surface area contributed by atoms with Gasteiger partial charge in [0.15, 0.2) is 0 Å². The number of carboxylic acid groups (broad SMARTS) is 1. The van der Waals surface area contributed by atoms with E-state index in [1.54, 1.807) is 0 Å². The minimum Gasteiger partial charge on any atom is -0.478 e. The Kier molecular flexibility index (Phi) is 5.33. The molecule has 0 bridgehead atoms. The molecule has 1 N–H and O–H groups in total. The van der Waals surface area contributed by atoms with E-state index in [-0.39, 0.29) is 11.6 Å². The standard InChI is InChI=1S/C18H10F6N4O2/c19-17(20,21)12-4-11(5-13(6-12)18(22,23)24)15(28-9-26-8-27-28)14(16(29)30)10-2-1-3-25-7-10/h1-9H,(H,29,30)/b15-14+. The van der Waals surface area contributed by atoms with Crippen LogP contribution < -0.4 is 0 Å². The highest BCUT2D eigenvalue weighted by Crippen LogP contribution is 2.39. The molecular weight excluding hydrogens is 418 g/mol. The molecule has 30 heavy (non-hydrogen) atoms. The maximum absolute atomic E-state index is 13.3. The average molecular weight is 428 g/mol. The number of alkyl halides is 6. The summed E-state index contributed by atoms with van der Waals surface area (Å²) in [6.07, 6.45) is -5.87. The van der Waals surface area contributed by atoms with Crippen molar-refractivity contribution in [2.24, 2.45) is 0 Å². The maximum Gasteiger partial charge on any atom is 0.416 e. The molecule has 156 valence electrons. The highest BCUT2D eigenvalue weighted by molar-refractivity contribution is 6.23. The molecule has 0 aliphatic carbocycles. The molecule has 6 nitrogen and oxygen atoms in total. The van der Waals surface area contributed by atoms with Gasteiger partial charge in [-0.2, -0.15) is 31.4 Å². The summed E-state index contributed by atoms with van der Waals surface area (Å²) in [5.41, 5.74) is -5.06. The molecule has 1 aromatic carbocycles. The van der Waals surface area contributed by atoms with Crippen molar-refractivity contribution in [1.29, 1.82) is 0 Å². The van der Waals surface area contributed by atoms with Gasteiger partial charge in [0.05, 0.1) is 22.4 Å². The summed E-state index contributed by atoms with van der Waals surface area (Å²) < 4.78 is 80.5. The molecule has 0 atom stereocenters. The van der Waals surface area contributed by atoms with Crippen LogP contribution in [-0.2, 0) is 17.1 Å². The van der Waals surface area contributed by atoms with Gasteiger partial charge < -0.3 is 5.11 Å². The molecule has 2 aromatic heterocycles. The Bertz CT molecular complexity index is 1060. The fraction of sp³-hybridized carbons (Fsp3) is 0.111. The minimum absolute atomic E-state index is 0.0486. The maximum atomic E-state index is 13.3. The van der Waals surface area contributed by atoms with Gasteiger partial charge in [-0.05, 0) is 24.3 Å². The molecule has 0 saturated carbocycles. The normalized spacial score (nSPS) is 13.1. The van der Waals surface area contributed by atoms with Gasteiger partial charge in [0.2, 0.25) is 0 Å². The molecule has 0 amide bonds. The van der Waals surface area contributed by atoms with Crippen LogP contribution >= 0.6 is 0 Å². The number of aromatic nitrogens is 4. The molecule has 12 heteroatoms. The number of halogens is 6. The van der Waals surface area contributed by atoms with E-state index in [9.17, 15) is 36.2 Å². The van der Waals surface area contributed by atoms with Crippen LogP contribution in [0.5, 0.6) is 0 Å². The number of pyridine rings is 1. The largest absolute Gasteiger partial charge is 0.478 e. The summed E-state index contributed by atoms with van der Waals surface area (Å²) in [7, 11) is 0. The van der Waals surface area contributed by atoms with Crippen LogP contribution in [0.15, 0.2) is 55.4 Å². The van der Waals surface area contributed by atoms with E-state index in [1.165, 1.54) is 18.3 Å². The predicted octanol–water partition coefficient (Wildman–Crippen LogP) is 4.21. The fourth-order valence-electron chi connectivity index (χ4n) is 2.68. The molecule has 3 aromatic rings. The first-order valence-corrected chi connectivity index (χ1v) is 8.01. The minimum atomic E-state index is -5.11. The summed E-state index contributed by atoms with van der Waals surface area (Å²) in [5, 5.41) is 13.4. The monoisotopic (exact) mass is 428 g/mol. The first-order chi connectivity index (χ1) is 14.0. The lowest BCUT2D eigenvalue weighted by atomic mass is 9.97. The Morgan fingerprint density at radius 2 is 1.57 bits per heavy atom. The smallest absolute Gasteiger partial charge is 0.416 e. The van der Waals surface area contributed by atoms with Crippen LogP contribution in [-0.4, -0.2) is 30.8 Å². The number of rotatable bonds is 4. The number of carboxylic acids is 1. The fourth-order valence-corrected chi connectivity index (χ4v) is 2.68. The van der Waals surface area contributed by atoms with Gasteiger partial charge in [-0.15, -0.1) is 0 Å². The van der Waals surface area contributed by atoms with Gasteiger partial charge in [-0.1, -0.05) is 6.07 Å². The van der Waals surface area contributed by atoms with Crippen molar-refractivity contribution in [1.82, 2.24) is 19.7 Å². The van der Waals surface area contributed by atoms with Crippen molar-refractivity contribution >= 4 is 17.2 Å². The average Bonchev–Trinajstić information content (AvgIpc) is 3.18. The third-order valence-corrected chi connectivity index (χ3v) is 3.91. The first-order valence-electron chi connectivity index (χ1n) is 8.01. The number of carbonyl (C=O) groups is 1. The molecule has 0 unspecified atom stereocenters. The molecule has 0 radical (unpaired) electrons. The third kappa shape index (κ3) is 4.31. The second-order valence-electron chi connectivity index (χ2n) is 5.91. The second kappa shape index (κ2) is 7.61. The van der Waals surface area contributed by atoms with Gasteiger partial charge in [-0.3, -0.25) is 4.98 Å². The van der Waals surface area contributed by atoms with Gasteiger partial charge in [-0.25, -0.2) is 14.5 Å². The zero-order valence-electron chi connectivity index (χ0n) is 14.6. The molecule has 0 aliphatic rings. The SMILES string of the molecule is O=C(O)/C(=C(\c1cc(C(F)(F)F)cc(C(F)(F)F)c1)n1cncn1)c1cccnc1. The summed E-state index contributed by atoms with van der Waals surface area (Å²) >= 11 is 0. The van der Waals surface area contributed by atoms with Crippen molar-refractivity contribution in [3.05, 3.63) is 77.6 Å². The lowest BCUT2D eigenvalue weighted by Crippen LogP contribution is -2.15. The molecule has 0 saturated heterocycles. The lowest BCUT2D eigenvalue weighted by Gasteiger charge is -2.17.